The van der Waals surface area contributed by atoms with E-state index in [1.165, 1.54) is 5.56 Å². The lowest BCUT2D eigenvalue weighted by Gasteiger charge is -2.10. The molecule has 0 bridgehead atoms. The highest BCUT2D eigenvalue weighted by Crippen LogP contribution is 2.30. The number of aromatic nitrogens is 1. The molecule has 0 unspecified atom stereocenters. The van der Waals surface area contributed by atoms with Crippen LogP contribution in [-0.2, 0) is 4.79 Å². The summed E-state index contributed by atoms with van der Waals surface area (Å²) >= 11 is 0. The van der Waals surface area contributed by atoms with Gasteiger partial charge in [-0.25, -0.2) is 5.43 Å². The van der Waals surface area contributed by atoms with E-state index in [-0.39, 0.29) is 12.5 Å². The van der Waals surface area contributed by atoms with Gasteiger partial charge in [-0.05, 0) is 38.5 Å². The molecule has 6 nitrogen and oxygen atoms in total. The highest BCUT2D eigenvalue weighted by molar-refractivity contribution is 5.99. The average molecular weight is 363 g/mol. The molecule has 1 N–H and O–H groups in total. The van der Waals surface area contributed by atoms with Gasteiger partial charge in [-0.3, -0.25) is 4.79 Å². The van der Waals surface area contributed by atoms with Crippen LogP contribution in [0.3, 0.4) is 0 Å². The Labute approximate surface area is 157 Å². The molecule has 6 heteroatoms. The molecular formula is C21H21N3O3. The van der Waals surface area contributed by atoms with Crippen LogP contribution in [0.1, 0.15) is 23.6 Å². The van der Waals surface area contributed by atoms with Crippen molar-refractivity contribution in [2.75, 3.05) is 6.61 Å². The second kappa shape index (κ2) is 8.31. The molecule has 0 aliphatic heterocycles. The van der Waals surface area contributed by atoms with Crippen molar-refractivity contribution in [3.05, 3.63) is 71.4 Å². The molecule has 3 aromatic rings. The summed E-state index contributed by atoms with van der Waals surface area (Å²) in [7, 11) is 0. The number of aryl methyl sites for hydroxylation is 2. The fourth-order valence-electron chi connectivity index (χ4n) is 2.50. The summed E-state index contributed by atoms with van der Waals surface area (Å²) in [5, 5.41) is 7.85. The lowest BCUT2D eigenvalue weighted by Crippen LogP contribution is -2.25. The normalized spacial score (nSPS) is 11.3. The molecular weight excluding hydrogens is 342 g/mol. The van der Waals surface area contributed by atoms with E-state index in [4.69, 9.17) is 9.26 Å². The fourth-order valence-corrected chi connectivity index (χ4v) is 2.50. The minimum atomic E-state index is -0.342. The summed E-state index contributed by atoms with van der Waals surface area (Å²) < 4.78 is 10.9. The van der Waals surface area contributed by atoms with Crippen molar-refractivity contribution >= 4 is 11.6 Å². The van der Waals surface area contributed by atoms with Crippen LogP contribution >= 0.6 is 0 Å². The third-order valence-corrected chi connectivity index (χ3v) is 4.01. The number of hydrogen-bond acceptors (Lipinski definition) is 5. The molecule has 0 radical (unpaired) electrons. The highest BCUT2D eigenvalue weighted by Gasteiger charge is 2.12. The quantitative estimate of drug-likeness (QED) is 0.533. The van der Waals surface area contributed by atoms with Crippen molar-refractivity contribution in [2.45, 2.75) is 20.8 Å². The van der Waals surface area contributed by atoms with Crippen LogP contribution < -0.4 is 10.2 Å². The van der Waals surface area contributed by atoms with Crippen LogP contribution in [0.4, 0.5) is 0 Å². The molecule has 0 atom stereocenters. The Morgan fingerprint density at radius 3 is 2.56 bits per heavy atom. The van der Waals surface area contributed by atoms with Crippen LogP contribution in [-0.4, -0.2) is 23.4 Å². The number of amides is 1. The highest BCUT2D eigenvalue weighted by atomic mass is 16.5. The Bertz CT molecular complexity index is 945. The number of hydrazone groups is 1. The molecule has 1 aromatic heterocycles. The van der Waals surface area contributed by atoms with Gasteiger partial charge in [0.15, 0.2) is 12.4 Å². The second-order valence-corrected chi connectivity index (χ2v) is 6.26. The lowest BCUT2D eigenvalue weighted by molar-refractivity contribution is -0.123. The molecule has 138 valence electrons. The lowest BCUT2D eigenvalue weighted by atomic mass is 10.1. The minimum Gasteiger partial charge on any atom is -0.483 e. The molecule has 27 heavy (non-hydrogen) atoms. The number of nitrogens with zero attached hydrogens (tertiary/aromatic N) is 2. The van der Waals surface area contributed by atoms with Gasteiger partial charge in [0.2, 0.25) is 0 Å². The van der Waals surface area contributed by atoms with E-state index >= 15 is 0 Å². The van der Waals surface area contributed by atoms with E-state index in [0.717, 1.165) is 22.4 Å². The standard InChI is InChI=1S/C21H21N3O3/c1-14-4-7-17(8-5-14)16(3)23-24-21(25)13-26-19-9-6-15(2)12-18(19)20-10-11-22-27-20/h4-12H,13H2,1-3H3,(H,24,25)/b23-16+. The van der Waals surface area contributed by atoms with E-state index in [2.05, 4.69) is 15.7 Å². The van der Waals surface area contributed by atoms with Gasteiger partial charge >= 0.3 is 0 Å². The second-order valence-electron chi connectivity index (χ2n) is 6.26. The Kier molecular flexibility index (Phi) is 5.66. The number of carbonyl (C=O) groups excluding carboxylic acids is 1. The van der Waals surface area contributed by atoms with E-state index in [1.54, 1.807) is 18.3 Å². The van der Waals surface area contributed by atoms with Crippen LogP contribution in [0.5, 0.6) is 5.75 Å². The molecule has 0 aliphatic rings. The van der Waals surface area contributed by atoms with Gasteiger partial charge in [0.25, 0.3) is 5.91 Å². The van der Waals surface area contributed by atoms with Crippen molar-refractivity contribution in [1.29, 1.82) is 0 Å². The maximum Gasteiger partial charge on any atom is 0.277 e. The largest absolute Gasteiger partial charge is 0.483 e. The first kappa shape index (κ1) is 18.4. The molecule has 1 heterocycles. The number of benzene rings is 2. The zero-order chi connectivity index (χ0) is 19.2. The van der Waals surface area contributed by atoms with Gasteiger partial charge in [-0.15, -0.1) is 0 Å². The van der Waals surface area contributed by atoms with Gasteiger partial charge in [-0.2, -0.15) is 5.10 Å². The Morgan fingerprint density at radius 2 is 1.85 bits per heavy atom. The first-order valence-electron chi connectivity index (χ1n) is 8.57. The van der Waals surface area contributed by atoms with Crippen LogP contribution in [0.25, 0.3) is 11.3 Å². The number of carbonyl (C=O) groups is 1. The summed E-state index contributed by atoms with van der Waals surface area (Å²) in [4.78, 5) is 12.1. The van der Waals surface area contributed by atoms with Crippen molar-refractivity contribution in [3.63, 3.8) is 0 Å². The summed E-state index contributed by atoms with van der Waals surface area (Å²) in [5.74, 6) is 0.791. The third-order valence-electron chi connectivity index (χ3n) is 4.01. The molecule has 0 saturated carbocycles. The monoisotopic (exact) mass is 363 g/mol. The van der Waals surface area contributed by atoms with E-state index in [1.807, 2.05) is 57.2 Å². The van der Waals surface area contributed by atoms with Crippen molar-refractivity contribution in [2.24, 2.45) is 5.10 Å². The van der Waals surface area contributed by atoms with Crippen molar-refractivity contribution in [3.8, 4) is 17.1 Å². The van der Waals surface area contributed by atoms with Gasteiger partial charge in [0.05, 0.1) is 17.5 Å². The smallest absolute Gasteiger partial charge is 0.277 e. The molecule has 0 spiro atoms. The Morgan fingerprint density at radius 1 is 1.11 bits per heavy atom. The van der Waals surface area contributed by atoms with Gasteiger partial charge in [-0.1, -0.05) is 46.6 Å². The molecule has 0 saturated heterocycles. The van der Waals surface area contributed by atoms with Crippen LogP contribution in [0, 0.1) is 13.8 Å². The third kappa shape index (κ3) is 4.82. The SMILES string of the molecule is C/C(=N\NC(=O)COc1ccc(C)cc1-c1ccno1)c1ccc(C)cc1. The summed E-state index contributed by atoms with van der Waals surface area (Å²) in [6, 6.07) is 15.3. The number of nitrogens with one attached hydrogen (secondary N) is 1. The predicted molar refractivity (Wildman–Crippen MR) is 104 cm³/mol. The van der Waals surface area contributed by atoms with Crippen molar-refractivity contribution in [1.82, 2.24) is 10.6 Å². The minimum absolute atomic E-state index is 0.158. The molecule has 1 amide bonds. The zero-order valence-electron chi connectivity index (χ0n) is 15.5. The maximum atomic E-state index is 12.1. The van der Waals surface area contributed by atoms with Crippen molar-refractivity contribution < 1.29 is 14.1 Å². The molecule has 0 aliphatic carbocycles. The Hall–Kier alpha value is -3.41. The van der Waals surface area contributed by atoms with E-state index < -0.39 is 0 Å². The summed E-state index contributed by atoms with van der Waals surface area (Å²) in [5.41, 5.74) is 7.17. The van der Waals surface area contributed by atoms with E-state index in [0.29, 0.717) is 11.5 Å². The molecule has 2 aromatic carbocycles. The maximum absolute atomic E-state index is 12.1. The average Bonchev–Trinajstić information content (AvgIpc) is 3.20. The first-order chi connectivity index (χ1) is 13.0. The topological polar surface area (TPSA) is 76.7 Å². The van der Waals surface area contributed by atoms with Gasteiger partial charge in [0, 0.05) is 6.07 Å². The fraction of sp³-hybridized carbons (Fsp3) is 0.190. The molecule has 3 rings (SSSR count). The van der Waals surface area contributed by atoms with E-state index in [9.17, 15) is 4.79 Å². The molecule has 0 fully saturated rings. The summed E-state index contributed by atoms with van der Waals surface area (Å²) in [6.45, 7) is 5.68. The van der Waals surface area contributed by atoms with Crippen LogP contribution in [0.15, 0.2) is 64.4 Å². The number of hydrogen-bond donors (Lipinski definition) is 1. The predicted octanol–water partition coefficient (Wildman–Crippen LogP) is 3.88. The Balaban J connectivity index is 1.63. The first-order valence-corrected chi connectivity index (χ1v) is 8.57. The van der Waals surface area contributed by atoms with Gasteiger partial charge in [0.1, 0.15) is 5.75 Å². The van der Waals surface area contributed by atoms with Crippen LogP contribution in [0.2, 0.25) is 0 Å². The number of rotatable bonds is 6. The van der Waals surface area contributed by atoms with Gasteiger partial charge < -0.3 is 9.26 Å². The number of ether oxygens (including phenoxy) is 1. The summed E-state index contributed by atoms with van der Waals surface area (Å²) in [6.07, 6.45) is 1.57. The zero-order valence-corrected chi connectivity index (χ0v) is 15.5.